The van der Waals surface area contributed by atoms with Gasteiger partial charge in [0.15, 0.2) is 0 Å². The second-order valence-electron chi connectivity index (χ2n) is 5.79. The van der Waals surface area contributed by atoms with Gasteiger partial charge in [0, 0.05) is 0 Å². The highest BCUT2D eigenvalue weighted by Gasteiger charge is 2.31. The molecule has 1 aliphatic rings. The number of benzene rings is 1. The topological polar surface area (TPSA) is 9.23 Å². The number of methoxy groups -OCH3 is 1. The average Bonchev–Trinajstić information content (AvgIpc) is 2.40. The fraction of sp³-hybridized carbons (Fsp3) is 0.625. The minimum absolute atomic E-state index is 0.298. The van der Waals surface area contributed by atoms with Crippen LogP contribution in [0.1, 0.15) is 51.5 Å². The van der Waals surface area contributed by atoms with E-state index in [1.165, 1.54) is 37.7 Å². The van der Waals surface area contributed by atoms with Gasteiger partial charge in [-0.25, -0.2) is 0 Å². The minimum Gasteiger partial charge on any atom is -0.497 e. The van der Waals surface area contributed by atoms with E-state index in [1.54, 1.807) is 7.11 Å². The van der Waals surface area contributed by atoms with Crippen molar-refractivity contribution >= 4 is 0 Å². The molecule has 0 radical (unpaired) electrons. The monoisotopic (exact) mass is 232 g/mol. The lowest BCUT2D eigenvalue weighted by Crippen LogP contribution is -2.30. The molecule has 1 nitrogen and oxygen atoms in total. The summed E-state index contributed by atoms with van der Waals surface area (Å²) in [5.41, 5.74) is 1.75. The maximum atomic E-state index is 5.23. The zero-order chi connectivity index (χ0) is 12.3. The summed E-state index contributed by atoms with van der Waals surface area (Å²) in [7, 11) is 1.72. The molecule has 1 saturated carbocycles. The van der Waals surface area contributed by atoms with Crippen LogP contribution in [0.5, 0.6) is 5.75 Å². The van der Waals surface area contributed by atoms with E-state index >= 15 is 0 Å². The summed E-state index contributed by atoms with van der Waals surface area (Å²) >= 11 is 0. The summed E-state index contributed by atoms with van der Waals surface area (Å²) in [6.45, 7) is 4.79. The zero-order valence-electron chi connectivity index (χ0n) is 11.3. The van der Waals surface area contributed by atoms with Crippen LogP contribution in [0.3, 0.4) is 0 Å². The van der Waals surface area contributed by atoms with E-state index in [9.17, 15) is 0 Å². The molecule has 0 unspecified atom stereocenters. The second kappa shape index (κ2) is 5.12. The maximum absolute atomic E-state index is 5.23. The van der Waals surface area contributed by atoms with Crippen LogP contribution in [0, 0.1) is 5.92 Å². The van der Waals surface area contributed by atoms with Crippen molar-refractivity contribution in [3.05, 3.63) is 29.8 Å². The zero-order valence-corrected chi connectivity index (χ0v) is 11.3. The van der Waals surface area contributed by atoms with Crippen LogP contribution in [0.15, 0.2) is 24.3 Å². The summed E-state index contributed by atoms with van der Waals surface area (Å²) < 4.78 is 5.23. The first kappa shape index (κ1) is 12.5. The lowest BCUT2D eigenvalue weighted by molar-refractivity contribution is 0.236. The fourth-order valence-electron chi connectivity index (χ4n) is 3.08. The van der Waals surface area contributed by atoms with Crippen molar-refractivity contribution in [2.24, 2.45) is 5.92 Å². The Bertz CT molecular complexity index is 344. The van der Waals surface area contributed by atoms with Crippen LogP contribution in [-0.2, 0) is 5.41 Å². The maximum Gasteiger partial charge on any atom is 0.118 e. The smallest absolute Gasteiger partial charge is 0.118 e. The van der Waals surface area contributed by atoms with E-state index < -0.39 is 0 Å². The Balaban J connectivity index is 2.17. The Morgan fingerprint density at radius 2 is 1.59 bits per heavy atom. The van der Waals surface area contributed by atoms with Gasteiger partial charge >= 0.3 is 0 Å². The molecule has 0 saturated heterocycles. The number of ether oxygens (including phenoxy) is 1. The summed E-state index contributed by atoms with van der Waals surface area (Å²) in [5, 5.41) is 0. The first-order valence-electron chi connectivity index (χ1n) is 6.79. The van der Waals surface area contributed by atoms with Crippen LogP contribution < -0.4 is 4.74 Å². The molecule has 0 aliphatic heterocycles. The minimum atomic E-state index is 0.298. The molecule has 1 aromatic rings. The second-order valence-corrected chi connectivity index (χ2v) is 5.79. The summed E-state index contributed by atoms with van der Waals surface area (Å²) in [6.07, 6.45) is 7.02. The van der Waals surface area contributed by atoms with E-state index in [0.29, 0.717) is 5.41 Å². The predicted octanol–water partition coefficient (Wildman–Crippen LogP) is 4.55. The van der Waals surface area contributed by atoms with Gasteiger partial charge in [-0.2, -0.15) is 0 Å². The van der Waals surface area contributed by atoms with Gasteiger partial charge in [-0.3, -0.25) is 0 Å². The van der Waals surface area contributed by atoms with Gasteiger partial charge < -0.3 is 4.74 Å². The molecule has 0 heterocycles. The van der Waals surface area contributed by atoms with Crippen molar-refractivity contribution in [2.75, 3.05) is 7.11 Å². The molecule has 0 aromatic heterocycles. The van der Waals surface area contributed by atoms with Crippen LogP contribution in [0.25, 0.3) is 0 Å². The number of hydrogen-bond donors (Lipinski definition) is 0. The predicted molar refractivity (Wildman–Crippen MR) is 72.6 cm³/mol. The third-order valence-corrected chi connectivity index (χ3v) is 4.46. The van der Waals surface area contributed by atoms with Gasteiger partial charge in [-0.1, -0.05) is 45.2 Å². The standard InChI is InChI=1S/C16H24O/c1-16(2,13-7-5-4-6-8-13)14-9-11-15(17-3)12-10-14/h9-13H,4-8H2,1-3H3. The van der Waals surface area contributed by atoms with E-state index in [-0.39, 0.29) is 0 Å². The Hall–Kier alpha value is -0.980. The van der Waals surface area contributed by atoms with Gasteiger partial charge in [-0.05, 0) is 41.9 Å². The van der Waals surface area contributed by atoms with Crippen molar-refractivity contribution in [1.29, 1.82) is 0 Å². The summed E-state index contributed by atoms with van der Waals surface area (Å²) in [4.78, 5) is 0. The SMILES string of the molecule is COc1ccc(C(C)(C)C2CCCCC2)cc1. The number of rotatable bonds is 3. The molecule has 0 bridgehead atoms. The van der Waals surface area contributed by atoms with Crippen LogP contribution in [0.4, 0.5) is 0 Å². The molecule has 2 rings (SSSR count). The Morgan fingerprint density at radius 3 is 2.12 bits per heavy atom. The first-order chi connectivity index (χ1) is 8.14. The van der Waals surface area contributed by atoms with Crippen LogP contribution >= 0.6 is 0 Å². The van der Waals surface area contributed by atoms with E-state index in [4.69, 9.17) is 4.74 Å². The summed E-state index contributed by atoms with van der Waals surface area (Å²) in [6, 6.07) is 8.63. The van der Waals surface area contributed by atoms with Gasteiger partial charge in [-0.15, -0.1) is 0 Å². The van der Waals surface area contributed by atoms with Crippen molar-refractivity contribution in [3.8, 4) is 5.75 Å². The molecular formula is C16H24O. The van der Waals surface area contributed by atoms with E-state index in [0.717, 1.165) is 11.7 Å². The average molecular weight is 232 g/mol. The molecular weight excluding hydrogens is 208 g/mol. The molecule has 17 heavy (non-hydrogen) atoms. The van der Waals surface area contributed by atoms with Gasteiger partial charge in [0.1, 0.15) is 5.75 Å². The Morgan fingerprint density at radius 1 is 1.00 bits per heavy atom. The quantitative estimate of drug-likeness (QED) is 0.742. The highest BCUT2D eigenvalue weighted by molar-refractivity contribution is 5.32. The molecule has 1 aliphatic carbocycles. The Labute approximate surface area is 105 Å². The Kier molecular flexibility index (Phi) is 3.76. The first-order valence-corrected chi connectivity index (χ1v) is 6.79. The lowest BCUT2D eigenvalue weighted by atomic mass is 9.67. The third-order valence-electron chi connectivity index (χ3n) is 4.46. The van der Waals surface area contributed by atoms with Crippen molar-refractivity contribution in [3.63, 3.8) is 0 Å². The van der Waals surface area contributed by atoms with E-state index in [2.05, 4.69) is 38.1 Å². The molecule has 0 spiro atoms. The molecule has 0 N–H and O–H groups in total. The third kappa shape index (κ3) is 2.65. The largest absolute Gasteiger partial charge is 0.497 e. The molecule has 0 atom stereocenters. The van der Waals surface area contributed by atoms with Gasteiger partial charge in [0.05, 0.1) is 7.11 Å². The van der Waals surface area contributed by atoms with Gasteiger partial charge in [0.2, 0.25) is 0 Å². The van der Waals surface area contributed by atoms with Crippen LogP contribution in [-0.4, -0.2) is 7.11 Å². The molecule has 1 aromatic carbocycles. The van der Waals surface area contributed by atoms with Crippen LogP contribution in [0.2, 0.25) is 0 Å². The highest BCUT2D eigenvalue weighted by Crippen LogP contribution is 2.40. The normalized spacial score (nSPS) is 18.1. The van der Waals surface area contributed by atoms with E-state index in [1.807, 2.05) is 0 Å². The van der Waals surface area contributed by atoms with Crippen molar-refractivity contribution in [2.45, 2.75) is 51.4 Å². The molecule has 0 amide bonds. The van der Waals surface area contributed by atoms with Crippen molar-refractivity contribution in [1.82, 2.24) is 0 Å². The summed E-state index contributed by atoms with van der Waals surface area (Å²) in [5.74, 6) is 1.79. The van der Waals surface area contributed by atoms with Crippen molar-refractivity contribution < 1.29 is 4.74 Å². The lowest BCUT2D eigenvalue weighted by Gasteiger charge is -2.37. The van der Waals surface area contributed by atoms with Gasteiger partial charge in [0.25, 0.3) is 0 Å². The molecule has 94 valence electrons. The number of hydrogen-bond acceptors (Lipinski definition) is 1. The fourth-order valence-corrected chi connectivity index (χ4v) is 3.08. The highest BCUT2D eigenvalue weighted by atomic mass is 16.5. The molecule has 1 fully saturated rings. The molecule has 1 heteroatoms.